The molecule has 0 amide bonds. The van der Waals surface area contributed by atoms with Gasteiger partial charge in [0.2, 0.25) is 0 Å². The van der Waals surface area contributed by atoms with Crippen LogP contribution in [0.15, 0.2) is 17.8 Å². The number of aliphatic imine (C=N–C) groups is 1. The van der Waals surface area contributed by atoms with E-state index in [9.17, 15) is 0 Å². The highest BCUT2D eigenvalue weighted by molar-refractivity contribution is 5.80. The van der Waals surface area contributed by atoms with Crippen molar-refractivity contribution in [2.75, 3.05) is 21.1 Å². The summed E-state index contributed by atoms with van der Waals surface area (Å²) in [6.07, 6.45) is 1.69. The molecule has 0 aliphatic heterocycles. The van der Waals surface area contributed by atoms with E-state index < -0.39 is 0 Å². The Kier molecular flexibility index (Phi) is 3.51. The van der Waals surface area contributed by atoms with Crippen molar-refractivity contribution >= 4 is 5.96 Å². The highest BCUT2D eigenvalue weighted by Crippen LogP contribution is 1.81. The molecule has 0 bridgehead atoms. The summed E-state index contributed by atoms with van der Waals surface area (Å²) in [5.41, 5.74) is 0. The Morgan fingerprint density at radius 2 is 2.33 bits per heavy atom. The molecule has 0 aromatic heterocycles. The number of rotatable bonds is 1. The van der Waals surface area contributed by atoms with Crippen LogP contribution in [0.3, 0.4) is 0 Å². The molecule has 0 radical (unpaired) electrons. The van der Waals surface area contributed by atoms with Gasteiger partial charge in [-0.1, -0.05) is 6.58 Å². The van der Waals surface area contributed by atoms with Gasteiger partial charge in [-0.05, 0) is 6.20 Å². The molecule has 9 heavy (non-hydrogen) atoms. The summed E-state index contributed by atoms with van der Waals surface area (Å²) in [4.78, 5) is 5.74. The molecule has 0 aliphatic carbocycles. The summed E-state index contributed by atoms with van der Waals surface area (Å²) in [7, 11) is 5.43. The van der Waals surface area contributed by atoms with Crippen molar-refractivity contribution in [2.24, 2.45) is 4.99 Å². The number of hydrogen-bond donors (Lipinski definition) is 1. The topological polar surface area (TPSA) is 27.6 Å². The van der Waals surface area contributed by atoms with Gasteiger partial charge in [0.15, 0.2) is 5.96 Å². The molecule has 0 rings (SSSR count). The minimum absolute atomic E-state index is 0.810. The first kappa shape index (κ1) is 8.01. The lowest BCUT2D eigenvalue weighted by Gasteiger charge is -2.14. The monoisotopic (exact) mass is 127 g/mol. The van der Waals surface area contributed by atoms with Crippen molar-refractivity contribution < 1.29 is 0 Å². The zero-order valence-corrected chi connectivity index (χ0v) is 6.18. The van der Waals surface area contributed by atoms with Crippen LogP contribution in [0.2, 0.25) is 0 Å². The van der Waals surface area contributed by atoms with Crippen LogP contribution in [0, 0.1) is 0 Å². The normalized spacial score (nSPS) is 10.8. The first-order valence-electron chi connectivity index (χ1n) is 2.76. The second kappa shape index (κ2) is 3.95. The Balaban J connectivity index is 3.95. The number of guanidine groups is 1. The van der Waals surface area contributed by atoms with Gasteiger partial charge in [0.25, 0.3) is 0 Å². The van der Waals surface area contributed by atoms with Crippen LogP contribution in [-0.4, -0.2) is 32.0 Å². The van der Waals surface area contributed by atoms with E-state index >= 15 is 0 Å². The SMILES string of the molecule is C=CN(C)C(=NC)NC. The maximum absolute atomic E-state index is 3.94. The maximum Gasteiger partial charge on any atom is 0.197 e. The molecular weight excluding hydrogens is 114 g/mol. The maximum atomic E-state index is 3.94. The van der Waals surface area contributed by atoms with Crippen LogP contribution in [0.5, 0.6) is 0 Å². The van der Waals surface area contributed by atoms with Gasteiger partial charge in [-0.3, -0.25) is 4.99 Å². The third-order valence-electron chi connectivity index (χ3n) is 1.04. The van der Waals surface area contributed by atoms with Crippen molar-refractivity contribution in [1.29, 1.82) is 0 Å². The predicted molar refractivity (Wildman–Crippen MR) is 40.4 cm³/mol. The third-order valence-corrected chi connectivity index (χ3v) is 1.04. The first-order chi connectivity index (χ1) is 4.26. The fourth-order valence-electron chi connectivity index (χ4n) is 0.532. The van der Waals surface area contributed by atoms with Crippen molar-refractivity contribution in [3.63, 3.8) is 0 Å². The van der Waals surface area contributed by atoms with Crippen molar-refractivity contribution in [3.8, 4) is 0 Å². The molecule has 0 aromatic rings. The van der Waals surface area contributed by atoms with E-state index in [4.69, 9.17) is 0 Å². The molecule has 3 nitrogen and oxygen atoms in total. The minimum atomic E-state index is 0.810. The Bertz CT molecular complexity index is 117. The van der Waals surface area contributed by atoms with Crippen LogP contribution in [-0.2, 0) is 0 Å². The van der Waals surface area contributed by atoms with Gasteiger partial charge in [0.05, 0.1) is 0 Å². The van der Waals surface area contributed by atoms with Crippen molar-refractivity contribution in [3.05, 3.63) is 12.8 Å². The second-order valence-electron chi connectivity index (χ2n) is 1.59. The summed E-state index contributed by atoms with van der Waals surface area (Å²) in [5, 5.41) is 2.91. The quantitative estimate of drug-likeness (QED) is 0.404. The van der Waals surface area contributed by atoms with E-state index in [0.29, 0.717) is 0 Å². The van der Waals surface area contributed by atoms with E-state index in [0.717, 1.165) is 5.96 Å². The van der Waals surface area contributed by atoms with Gasteiger partial charge in [-0.15, -0.1) is 0 Å². The third kappa shape index (κ3) is 2.17. The van der Waals surface area contributed by atoms with Crippen molar-refractivity contribution in [2.45, 2.75) is 0 Å². The van der Waals surface area contributed by atoms with Crippen molar-refractivity contribution in [1.82, 2.24) is 10.2 Å². The van der Waals surface area contributed by atoms with E-state index in [-0.39, 0.29) is 0 Å². The second-order valence-corrected chi connectivity index (χ2v) is 1.59. The average Bonchev–Trinajstić information content (AvgIpc) is 1.90. The molecule has 0 saturated heterocycles. The summed E-state index contributed by atoms with van der Waals surface area (Å²) in [5.74, 6) is 0.810. The molecule has 52 valence electrons. The van der Waals surface area contributed by atoms with Crippen LogP contribution in [0.1, 0.15) is 0 Å². The fourth-order valence-corrected chi connectivity index (χ4v) is 0.532. The zero-order chi connectivity index (χ0) is 7.28. The summed E-state index contributed by atoms with van der Waals surface area (Å²) < 4.78 is 0. The number of hydrogen-bond acceptors (Lipinski definition) is 1. The molecule has 0 aromatic carbocycles. The summed E-state index contributed by atoms with van der Waals surface area (Å²) >= 11 is 0. The molecule has 3 heteroatoms. The lowest BCUT2D eigenvalue weighted by molar-refractivity contribution is 0.657. The van der Waals surface area contributed by atoms with Crippen LogP contribution in [0.4, 0.5) is 0 Å². The smallest absolute Gasteiger partial charge is 0.197 e. The molecule has 0 fully saturated rings. The molecule has 0 saturated carbocycles. The van der Waals surface area contributed by atoms with E-state index in [1.54, 1.807) is 18.1 Å². The van der Waals surface area contributed by atoms with Gasteiger partial charge < -0.3 is 10.2 Å². The molecule has 0 unspecified atom stereocenters. The van der Waals surface area contributed by atoms with Crippen LogP contribution < -0.4 is 5.32 Å². The highest BCUT2D eigenvalue weighted by atomic mass is 15.3. The average molecular weight is 127 g/mol. The molecule has 1 N–H and O–H groups in total. The lowest BCUT2D eigenvalue weighted by atomic mass is 10.7. The highest BCUT2D eigenvalue weighted by Gasteiger charge is 1.94. The number of nitrogens with zero attached hydrogens (tertiary/aromatic N) is 2. The Morgan fingerprint density at radius 3 is 2.44 bits per heavy atom. The van der Waals surface area contributed by atoms with E-state index in [1.165, 1.54) is 0 Å². The molecular formula is C6H13N3. The zero-order valence-electron chi connectivity index (χ0n) is 6.18. The van der Waals surface area contributed by atoms with E-state index in [1.807, 2.05) is 14.1 Å². The summed E-state index contributed by atoms with van der Waals surface area (Å²) in [6, 6.07) is 0. The van der Waals surface area contributed by atoms with Gasteiger partial charge in [0.1, 0.15) is 0 Å². The van der Waals surface area contributed by atoms with Gasteiger partial charge in [0, 0.05) is 21.1 Å². The Morgan fingerprint density at radius 1 is 1.78 bits per heavy atom. The molecule has 0 heterocycles. The predicted octanol–water partition coefficient (Wildman–Crippen LogP) is 0.267. The van der Waals surface area contributed by atoms with Gasteiger partial charge in [-0.25, -0.2) is 0 Å². The van der Waals surface area contributed by atoms with Gasteiger partial charge in [-0.2, -0.15) is 0 Å². The first-order valence-corrected chi connectivity index (χ1v) is 2.76. The van der Waals surface area contributed by atoms with Crippen LogP contribution >= 0.6 is 0 Å². The fraction of sp³-hybridized carbons (Fsp3) is 0.500. The molecule has 0 atom stereocenters. The Labute approximate surface area is 56.1 Å². The van der Waals surface area contributed by atoms with Crippen LogP contribution in [0.25, 0.3) is 0 Å². The largest absolute Gasteiger partial charge is 0.359 e. The minimum Gasteiger partial charge on any atom is -0.359 e. The standard InChI is InChI=1S/C6H13N3/c1-5-9(4)6(7-2)8-3/h5H,1H2,2-4H3,(H,7,8). The Hall–Kier alpha value is -0.990. The number of nitrogens with one attached hydrogen (secondary N) is 1. The van der Waals surface area contributed by atoms with Gasteiger partial charge >= 0.3 is 0 Å². The molecule has 0 spiro atoms. The van der Waals surface area contributed by atoms with E-state index in [2.05, 4.69) is 16.9 Å². The molecule has 0 aliphatic rings. The lowest BCUT2D eigenvalue weighted by Crippen LogP contribution is -2.32. The summed E-state index contributed by atoms with van der Waals surface area (Å²) in [6.45, 7) is 3.58.